The summed E-state index contributed by atoms with van der Waals surface area (Å²) >= 11 is 3.49. The number of hydrogen-bond acceptors (Lipinski definition) is 2. The molecule has 0 aliphatic carbocycles. The van der Waals surface area contributed by atoms with Crippen LogP contribution in [0.2, 0.25) is 0 Å². The Bertz CT molecular complexity index is 461. The van der Waals surface area contributed by atoms with Gasteiger partial charge in [-0.15, -0.1) is 0 Å². The van der Waals surface area contributed by atoms with Crippen molar-refractivity contribution in [3.63, 3.8) is 0 Å². The number of amides is 1. The molecule has 1 saturated heterocycles. The summed E-state index contributed by atoms with van der Waals surface area (Å²) < 4.78 is 0.888. The van der Waals surface area contributed by atoms with Gasteiger partial charge < -0.3 is 9.80 Å². The molecule has 0 bridgehead atoms. The molecule has 0 N–H and O–H groups in total. The van der Waals surface area contributed by atoms with E-state index in [4.69, 9.17) is 0 Å². The lowest BCUT2D eigenvalue weighted by Crippen LogP contribution is -2.52. The third-order valence-corrected chi connectivity index (χ3v) is 4.10. The molecule has 0 spiro atoms. The zero-order chi connectivity index (χ0) is 13.3. The van der Waals surface area contributed by atoms with Crippen molar-refractivity contribution in [2.24, 2.45) is 0 Å². The number of carbonyl (C=O) groups excluding carboxylic acids is 1. The molecule has 1 atom stereocenters. The van der Waals surface area contributed by atoms with Gasteiger partial charge in [-0.3, -0.25) is 4.79 Å². The maximum atomic E-state index is 12.5. The summed E-state index contributed by atoms with van der Waals surface area (Å²) in [6, 6.07) is 6.16. The maximum Gasteiger partial charge on any atom is 0.255 e. The van der Waals surface area contributed by atoms with Crippen molar-refractivity contribution in [1.82, 2.24) is 9.80 Å². The predicted octanol–water partition coefficient (Wildman–Crippen LogP) is 2.53. The van der Waals surface area contributed by atoms with E-state index in [1.807, 2.05) is 30.0 Å². The first-order valence-electron chi connectivity index (χ1n) is 6.24. The Hall–Kier alpha value is -0.870. The fourth-order valence-electron chi connectivity index (χ4n) is 2.39. The van der Waals surface area contributed by atoms with E-state index in [9.17, 15) is 4.79 Å². The van der Waals surface area contributed by atoms with Gasteiger partial charge in [0, 0.05) is 30.1 Å². The third kappa shape index (κ3) is 2.75. The highest BCUT2D eigenvalue weighted by Crippen LogP contribution is 2.22. The highest BCUT2D eigenvalue weighted by Gasteiger charge is 2.27. The lowest BCUT2D eigenvalue weighted by molar-refractivity contribution is 0.0532. The van der Waals surface area contributed by atoms with Crippen molar-refractivity contribution in [2.75, 3.05) is 26.7 Å². The van der Waals surface area contributed by atoms with Crippen LogP contribution in [0.25, 0.3) is 0 Å². The van der Waals surface area contributed by atoms with Crippen molar-refractivity contribution >= 4 is 21.8 Å². The van der Waals surface area contributed by atoms with Gasteiger partial charge in [0.1, 0.15) is 0 Å². The first kappa shape index (κ1) is 13.6. The Kier molecular flexibility index (Phi) is 4.07. The molecule has 4 heteroatoms. The van der Waals surface area contributed by atoms with Crippen LogP contribution in [-0.4, -0.2) is 48.4 Å². The van der Waals surface area contributed by atoms with Crippen LogP contribution < -0.4 is 0 Å². The second kappa shape index (κ2) is 5.41. The molecule has 1 unspecified atom stereocenters. The summed E-state index contributed by atoms with van der Waals surface area (Å²) in [6.45, 7) is 6.82. The van der Waals surface area contributed by atoms with Crippen LogP contribution >= 0.6 is 15.9 Å². The average Bonchev–Trinajstić information content (AvgIpc) is 2.28. The number of benzene rings is 1. The first-order chi connectivity index (χ1) is 8.49. The average molecular weight is 311 g/mol. The number of hydrogen-bond donors (Lipinski definition) is 0. The van der Waals surface area contributed by atoms with Gasteiger partial charge in [-0.25, -0.2) is 0 Å². The number of nitrogens with zero attached hydrogens (tertiary/aromatic N) is 2. The van der Waals surface area contributed by atoms with Gasteiger partial charge in [0.15, 0.2) is 0 Å². The van der Waals surface area contributed by atoms with Crippen LogP contribution in [0, 0.1) is 6.92 Å². The van der Waals surface area contributed by atoms with E-state index >= 15 is 0 Å². The molecular weight excluding hydrogens is 292 g/mol. The van der Waals surface area contributed by atoms with Crippen molar-refractivity contribution in [3.8, 4) is 0 Å². The smallest absolute Gasteiger partial charge is 0.255 e. The fourth-order valence-corrected chi connectivity index (χ4v) is 3.05. The Morgan fingerprint density at radius 2 is 2.11 bits per heavy atom. The predicted molar refractivity (Wildman–Crippen MR) is 76.9 cm³/mol. The SMILES string of the molecule is Cc1ccc(C(=O)N2CCN(C)CC2C)c(Br)c1. The third-order valence-electron chi connectivity index (χ3n) is 3.45. The topological polar surface area (TPSA) is 23.6 Å². The van der Waals surface area contributed by atoms with Crippen molar-refractivity contribution in [1.29, 1.82) is 0 Å². The van der Waals surface area contributed by atoms with Gasteiger partial charge in [-0.2, -0.15) is 0 Å². The van der Waals surface area contributed by atoms with E-state index in [0.29, 0.717) is 0 Å². The quantitative estimate of drug-likeness (QED) is 0.796. The molecule has 1 aliphatic rings. The van der Waals surface area contributed by atoms with Crippen molar-refractivity contribution in [3.05, 3.63) is 33.8 Å². The molecule has 98 valence electrons. The second-order valence-corrected chi connectivity index (χ2v) is 5.95. The molecule has 0 aromatic heterocycles. The summed E-state index contributed by atoms with van der Waals surface area (Å²) in [7, 11) is 2.10. The number of likely N-dealkylation sites (N-methyl/N-ethyl adjacent to an activating group) is 1. The molecule has 1 aromatic rings. The molecule has 1 aromatic carbocycles. The van der Waals surface area contributed by atoms with E-state index in [0.717, 1.165) is 35.2 Å². The molecule has 2 rings (SSSR count). The number of piperazine rings is 1. The summed E-state index contributed by atoms with van der Waals surface area (Å²) in [5, 5.41) is 0. The highest BCUT2D eigenvalue weighted by atomic mass is 79.9. The number of carbonyl (C=O) groups is 1. The van der Waals surface area contributed by atoms with E-state index in [1.165, 1.54) is 0 Å². The molecule has 18 heavy (non-hydrogen) atoms. The Labute approximate surface area is 117 Å². The molecule has 0 saturated carbocycles. The number of aryl methyl sites for hydroxylation is 1. The monoisotopic (exact) mass is 310 g/mol. The zero-order valence-electron chi connectivity index (χ0n) is 11.1. The normalized spacial score (nSPS) is 21.1. The van der Waals surface area contributed by atoms with Gasteiger partial charge >= 0.3 is 0 Å². The van der Waals surface area contributed by atoms with Gasteiger partial charge in [-0.05, 0) is 54.5 Å². The molecular formula is C14H19BrN2O. The standard InChI is InChI=1S/C14H19BrN2O/c1-10-4-5-12(13(15)8-10)14(18)17-7-6-16(3)9-11(17)2/h4-5,8,11H,6-7,9H2,1-3H3. The summed E-state index contributed by atoms with van der Waals surface area (Å²) in [5.74, 6) is 0.127. The minimum atomic E-state index is 0.127. The summed E-state index contributed by atoms with van der Waals surface area (Å²) in [6.07, 6.45) is 0. The van der Waals surface area contributed by atoms with Crippen LogP contribution in [0.3, 0.4) is 0 Å². The molecule has 1 heterocycles. The molecule has 1 fully saturated rings. The van der Waals surface area contributed by atoms with Crippen LogP contribution in [0.4, 0.5) is 0 Å². The molecule has 1 amide bonds. The van der Waals surface area contributed by atoms with E-state index in [2.05, 4.69) is 34.8 Å². The largest absolute Gasteiger partial charge is 0.333 e. The van der Waals surface area contributed by atoms with Crippen LogP contribution in [0.15, 0.2) is 22.7 Å². The van der Waals surface area contributed by atoms with E-state index in [-0.39, 0.29) is 11.9 Å². The second-order valence-electron chi connectivity index (χ2n) is 5.09. The number of rotatable bonds is 1. The van der Waals surface area contributed by atoms with Gasteiger partial charge in [0.2, 0.25) is 0 Å². The summed E-state index contributed by atoms with van der Waals surface area (Å²) in [5.41, 5.74) is 1.92. The molecule has 3 nitrogen and oxygen atoms in total. The molecule has 1 aliphatic heterocycles. The van der Waals surface area contributed by atoms with Crippen LogP contribution in [0.1, 0.15) is 22.8 Å². The van der Waals surface area contributed by atoms with Gasteiger partial charge in [0.25, 0.3) is 5.91 Å². The van der Waals surface area contributed by atoms with Crippen LogP contribution in [0.5, 0.6) is 0 Å². The lowest BCUT2D eigenvalue weighted by atomic mass is 10.1. The summed E-state index contributed by atoms with van der Waals surface area (Å²) in [4.78, 5) is 16.8. The maximum absolute atomic E-state index is 12.5. The fraction of sp³-hybridized carbons (Fsp3) is 0.500. The minimum Gasteiger partial charge on any atom is -0.333 e. The first-order valence-corrected chi connectivity index (χ1v) is 7.04. The van der Waals surface area contributed by atoms with Crippen LogP contribution in [-0.2, 0) is 0 Å². The Morgan fingerprint density at radius 3 is 2.72 bits per heavy atom. The van der Waals surface area contributed by atoms with E-state index in [1.54, 1.807) is 0 Å². The van der Waals surface area contributed by atoms with E-state index < -0.39 is 0 Å². The molecule has 0 radical (unpaired) electrons. The van der Waals surface area contributed by atoms with Crippen molar-refractivity contribution in [2.45, 2.75) is 19.9 Å². The highest BCUT2D eigenvalue weighted by molar-refractivity contribution is 9.10. The van der Waals surface area contributed by atoms with Crippen molar-refractivity contribution < 1.29 is 4.79 Å². The number of halogens is 1. The Morgan fingerprint density at radius 1 is 1.39 bits per heavy atom. The Balaban J connectivity index is 2.20. The van der Waals surface area contributed by atoms with Gasteiger partial charge in [-0.1, -0.05) is 6.07 Å². The zero-order valence-corrected chi connectivity index (χ0v) is 12.7. The van der Waals surface area contributed by atoms with Gasteiger partial charge in [0.05, 0.1) is 5.56 Å². The lowest BCUT2D eigenvalue weighted by Gasteiger charge is -2.38. The minimum absolute atomic E-state index is 0.127.